The number of nitrogen functional groups attached to an aromatic ring is 1. The summed E-state index contributed by atoms with van der Waals surface area (Å²) >= 11 is 1.32. The molecule has 0 bridgehead atoms. The Balaban J connectivity index is 1.83. The number of aromatic nitrogens is 2. The van der Waals surface area contributed by atoms with Crippen molar-refractivity contribution in [3.8, 4) is 0 Å². The number of amides is 1. The summed E-state index contributed by atoms with van der Waals surface area (Å²) in [6.45, 7) is 0.443. The molecule has 84 valence electrons. The van der Waals surface area contributed by atoms with Gasteiger partial charge in [0.2, 0.25) is 5.89 Å². The normalized spacial score (nSPS) is 10.2. The van der Waals surface area contributed by atoms with Gasteiger partial charge in [-0.2, -0.15) is 4.98 Å². The minimum atomic E-state index is -0.174. The molecule has 1 amide bonds. The first-order valence-corrected chi connectivity index (χ1v) is 5.52. The topological polar surface area (TPSA) is 94.0 Å². The van der Waals surface area contributed by atoms with Gasteiger partial charge in [-0.1, -0.05) is 5.16 Å². The monoisotopic (exact) mass is 238 g/mol. The number of nitrogens with one attached hydrogen (secondary N) is 1. The lowest BCUT2D eigenvalue weighted by Gasteiger charge is -2.01. The first-order chi connectivity index (χ1) is 7.77. The first-order valence-electron chi connectivity index (χ1n) is 4.64. The summed E-state index contributed by atoms with van der Waals surface area (Å²) in [5.74, 6) is 0.325. The van der Waals surface area contributed by atoms with Gasteiger partial charge in [0.25, 0.3) is 5.91 Å². The van der Waals surface area contributed by atoms with Crippen molar-refractivity contribution in [1.82, 2.24) is 15.5 Å². The minimum Gasteiger partial charge on any atom is -0.397 e. The van der Waals surface area contributed by atoms with Gasteiger partial charge in [0.05, 0.1) is 5.69 Å². The molecule has 0 aromatic carbocycles. The van der Waals surface area contributed by atoms with Crippen LogP contribution in [0.15, 0.2) is 22.3 Å². The van der Waals surface area contributed by atoms with Gasteiger partial charge in [0, 0.05) is 13.0 Å². The van der Waals surface area contributed by atoms with Crippen molar-refractivity contribution in [3.63, 3.8) is 0 Å². The Hall–Kier alpha value is -1.89. The Bertz CT molecular complexity index is 466. The third-order valence-electron chi connectivity index (χ3n) is 1.93. The van der Waals surface area contributed by atoms with Gasteiger partial charge in [-0.25, -0.2) is 0 Å². The third kappa shape index (κ3) is 2.37. The highest BCUT2D eigenvalue weighted by molar-refractivity contribution is 7.12. The van der Waals surface area contributed by atoms with Gasteiger partial charge in [-0.05, 0) is 11.4 Å². The smallest absolute Gasteiger partial charge is 0.263 e. The van der Waals surface area contributed by atoms with Crippen LogP contribution in [0.2, 0.25) is 0 Å². The fourth-order valence-corrected chi connectivity index (χ4v) is 1.91. The Labute approximate surface area is 95.5 Å². The molecule has 0 atom stereocenters. The van der Waals surface area contributed by atoms with E-state index < -0.39 is 0 Å². The second kappa shape index (κ2) is 4.75. The van der Waals surface area contributed by atoms with Crippen molar-refractivity contribution < 1.29 is 9.32 Å². The summed E-state index contributed by atoms with van der Waals surface area (Å²) in [5, 5.41) is 7.98. The van der Waals surface area contributed by atoms with E-state index in [2.05, 4.69) is 15.5 Å². The predicted molar refractivity (Wildman–Crippen MR) is 59.1 cm³/mol. The Morgan fingerprint density at radius 2 is 2.50 bits per heavy atom. The van der Waals surface area contributed by atoms with Crippen LogP contribution in [0, 0.1) is 0 Å². The molecule has 0 spiro atoms. The van der Waals surface area contributed by atoms with E-state index in [4.69, 9.17) is 10.3 Å². The van der Waals surface area contributed by atoms with Gasteiger partial charge >= 0.3 is 0 Å². The van der Waals surface area contributed by atoms with E-state index in [1.807, 2.05) is 0 Å². The highest BCUT2D eigenvalue weighted by Gasteiger charge is 2.10. The van der Waals surface area contributed by atoms with Gasteiger partial charge in [-0.3, -0.25) is 4.79 Å². The zero-order chi connectivity index (χ0) is 11.4. The molecule has 0 fully saturated rings. The van der Waals surface area contributed by atoms with E-state index in [1.54, 1.807) is 11.4 Å². The average molecular weight is 238 g/mol. The second-order valence-electron chi connectivity index (χ2n) is 3.05. The quantitative estimate of drug-likeness (QED) is 0.817. The van der Waals surface area contributed by atoms with E-state index in [9.17, 15) is 4.79 Å². The fraction of sp³-hybridized carbons (Fsp3) is 0.222. The molecule has 0 radical (unpaired) electrons. The molecule has 2 aromatic rings. The Kier molecular flexibility index (Phi) is 3.16. The average Bonchev–Trinajstić information content (AvgIpc) is 2.88. The number of rotatable bonds is 4. The highest BCUT2D eigenvalue weighted by Crippen LogP contribution is 2.18. The second-order valence-corrected chi connectivity index (χ2v) is 3.96. The van der Waals surface area contributed by atoms with Crippen molar-refractivity contribution in [1.29, 1.82) is 0 Å². The molecule has 2 heterocycles. The largest absolute Gasteiger partial charge is 0.397 e. The molecule has 3 N–H and O–H groups in total. The summed E-state index contributed by atoms with van der Waals surface area (Å²) in [4.78, 5) is 16.0. The number of carbonyl (C=O) groups excluding carboxylic acids is 1. The van der Waals surface area contributed by atoms with Crippen molar-refractivity contribution in [2.24, 2.45) is 0 Å². The zero-order valence-electron chi connectivity index (χ0n) is 8.34. The highest BCUT2D eigenvalue weighted by atomic mass is 32.1. The van der Waals surface area contributed by atoms with Crippen LogP contribution in [-0.2, 0) is 6.42 Å². The predicted octanol–water partition coefficient (Wildman–Crippen LogP) is 0.686. The Morgan fingerprint density at radius 1 is 1.62 bits per heavy atom. The molecule has 2 aromatic heterocycles. The Morgan fingerprint density at radius 3 is 3.12 bits per heavy atom. The fourth-order valence-electron chi connectivity index (χ4n) is 1.17. The third-order valence-corrected chi connectivity index (χ3v) is 2.86. The minimum absolute atomic E-state index is 0.174. The summed E-state index contributed by atoms with van der Waals surface area (Å²) < 4.78 is 4.80. The molecule has 0 aliphatic rings. The lowest BCUT2D eigenvalue weighted by Crippen LogP contribution is -2.25. The van der Waals surface area contributed by atoms with Crippen LogP contribution in [0.5, 0.6) is 0 Å². The standard InChI is InChI=1S/C9H10N4O2S/c10-6-2-4-16-8(6)9(14)11-3-1-7-12-5-13-15-7/h2,4-5H,1,3,10H2,(H,11,14). The maximum Gasteiger partial charge on any atom is 0.263 e. The maximum absolute atomic E-state index is 11.6. The van der Waals surface area contributed by atoms with Crippen molar-refractivity contribution in [2.75, 3.05) is 12.3 Å². The SMILES string of the molecule is Nc1ccsc1C(=O)NCCc1ncno1. The first kappa shape index (κ1) is 10.6. The van der Waals surface area contributed by atoms with E-state index in [-0.39, 0.29) is 5.91 Å². The molecule has 6 nitrogen and oxygen atoms in total. The lowest BCUT2D eigenvalue weighted by molar-refractivity contribution is 0.0958. The number of carbonyl (C=O) groups is 1. The van der Waals surface area contributed by atoms with Crippen LogP contribution < -0.4 is 11.1 Å². The summed E-state index contributed by atoms with van der Waals surface area (Å²) in [6.07, 6.45) is 1.84. The molecular formula is C9H10N4O2S. The lowest BCUT2D eigenvalue weighted by atomic mass is 10.3. The molecule has 16 heavy (non-hydrogen) atoms. The van der Waals surface area contributed by atoms with Crippen LogP contribution >= 0.6 is 11.3 Å². The van der Waals surface area contributed by atoms with Gasteiger partial charge in [0.15, 0.2) is 6.33 Å². The summed E-state index contributed by atoms with van der Waals surface area (Å²) in [5.41, 5.74) is 6.12. The van der Waals surface area contributed by atoms with Gasteiger partial charge in [-0.15, -0.1) is 11.3 Å². The molecule has 0 saturated heterocycles. The number of thiophene rings is 1. The number of anilines is 1. The summed E-state index contributed by atoms with van der Waals surface area (Å²) in [7, 11) is 0. The molecule has 0 aliphatic carbocycles. The summed E-state index contributed by atoms with van der Waals surface area (Å²) in [6, 6.07) is 1.71. The number of nitrogens with zero attached hydrogens (tertiary/aromatic N) is 2. The van der Waals surface area contributed by atoms with Crippen LogP contribution in [0.4, 0.5) is 5.69 Å². The van der Waals surface area contributed by atoms with Crippen LogP contribution in [0.1, 0.15) is 15.6 Å². The van der Waals surface area contributed by atoms with E-state index in [1.165, 1.54) is 17.7 Å². The van der Waals surface area contributed by atoms with Gasteiger partial charge < -0.3 is 15.6 Å². The van der Waals surface area contributed by atoms with Crippen LogP contribution in [-0.4, -0.2) is 22.6 Å². The van der Waals surface area contributed by atoms with Crippen molar-refractivity contribution >= 4 is 22.9 Å². The number of hydrogen-bond acceptors (Lipinski definition) is 6. The van der Waals surface area contributed by atoms with Crippen LogP contribution in [0.3, 0.4) is 0 Å². The van der Waals surface area contributed by atoms with E-state index in [0.29, 0.717) is 29.4 Å². The molecule has 0 aliphatic heterocycles. The van der Waals surface area contributed by atoms with E-state index >= 15 is 0 Å². The molecule has 0 saturated carbocycles. The van der Waals surface area contributed by atoms with Crippen molar-refractivity contribution in [3.05, 3.63) is 28.5 Å². The van der Waals surface area contributed by atoms with Crippen molar-refractivity contribution in [2.45, 2.75) is 6.42 Å². The number of nitrogens with two attached hydrogens (primary N) is 1. The molecule has 7 heteroatoms. The van der Waals surface area contributed by atoms with Crippen LogP contribution in [0.25, 0.3) is 0 Å². The molecule has 2 rings (SSSR count). The number of hydrogen-bond donors (Lipinski definition) is 2. The zero-order valence-corrected chi connectivity index (χ0v) is 9.16. The van der Waals surface area contributed by atoms with E-state index in [0.717, 1.165) is 0 Å². The maximum atomic E-state index is 11.6. The molecular weight excluding hydrogens is 228 g/mol. The van der Waals surface area contributed by atoms with Gasteiger partial charge in [0.1, 0.15) is 4.88 Å². The molecule has 0 unspecified atom stereocenters.